The molecule has 6 heteroatoms. The van der Waals surface area contributed by atoms with Crippen LogP contribution in [0, 0.1) is 23.7 Å². The number of hydrogen-bond donors (Lipinski definition) is 1. The van der Waals surface area contributed by atoms with Crippen molar-refractivity contribution >= 4 is 29.1 Å². The van der Waals surface area contributed by atoms with E-state index in [1.807, 2.05) is 6.07 Å². The van der Waals surface area contributed by atoms with Gasteiger partial charge in [-0.2, -0.15) is 0 Å². The van der Waals surface area contributed by atoms with Gasteiger partial charge in [0.15, 0.2) is 0 Å². The number of carbonyl (C=O) groups excluding carboxylic acids is 3. The number of ether oxygens (including phenoxy) is 1. The molecule has 3 amide bonds. The molecule has 0 unspecified atom stereocenters. The lowest BCUT2D eigenvalue weighted by atomic mass is 9.85. The lowest BCUT2D eigenvalue weighted by Crippen LogP contribution is -2.33. The van der Waals surface area contributed by atoms with Crippen molar-refractivity contribution in [3.63, 3.8) is 0 Å². The lowest BCUT2D eigenvalue weighted by Gasteiger charge is -2.18. The number of allylic oxidation sites excluding steroid dienone is 2. The van der Waals surface area contributed by atoms with Gasteiger partial charge in [-0.1, -0.05) is 30.4 Å². The molecule has 0 spiro atoms. The van der Waals surface area contributed by atoms with E-state index in [2.05, 4.69) is 17.5 Å². The molecule has 1 N–H and O–H groups in total. The molecule has 0 aromatic heterocycles. The second-order valence-corrected chi connectivity index (χ2v) is 7.72. The molecule has 2 bridgehead atoms. The van der Waals surface area contributed by atoms with Crippen molar-refractivity contribution in [1.82, 2.24) is 0 Å². The van der Waals surface area contributed by atoms with Gasteiger partial charge in [0.05, 0.1) is 30.3 Å². The zero-order valence-corrected chi connectivity index (χ0v) is 15.9. The Kier molecular flexibility index (Phi) is 4.01. The fourth-order valence-corrected chi connectivity index (χ4v) is 4.89. The number of imide groups is 1. The highest BCUT2D eigenvalue weighted by Crippen LogP contribution is 2.53. The minimum atomic E-state index is -0.336. The first kappa shape index (κ1) is 17.7. The van der Waals surface area contributed by atoms with Crippen LogP contribution >= 0.6 is 0 Å². The first-order chi connectivity index (χ1) is 14.1. The molecule has 2 aliphatic carbocycles. The molecule has 4 atom stereocenters. The molecular formula is C23H20N2O4. The molecule has 29 heavy (non-hydrogen) atoms. The van der Waals surface area contributed by atoms with E-state index in [9.17, 15) is 14.4 Å². The van der Waals surface area contributed by atoms with Gasteiger partial charge >= 0.3 is 0 Å². The van der Waals surface area contributed by atoms with E-state index < -0.39 is 0 Å². The topological polar surface area (TPSA) is 75.7 Å². The average molecular weight is 388 g/mol. The molecule has 1 heterocycles. The number of fused-ring (bicyclic) bond motifs is 5. The summed E-state index contributed by atoms with van der Waals surface area (Å²) in [6, 6.07) is 13.8. The third kappa shape index (κ3) is 2.67. The maximum Gasteiger partial charge on any atom is 0.255 e. The van der Waals surface area contributed by atoms with E-state index in [0.717, 1.165) is 6.42 Å². The Morgan fingerprint density at radius 2 is 1.69 bits per heavy atom. The molecule has 2 aromatic rings. The first-order valence-electron chi connectivity index (χ1n) is 9.69. The SMILES string of the molecule is COc1ccccc1NC(=O)c1cccc(N2C(=O)[C@@H]3[C@H](C2=O)[C@H]2C=C[C@H]3C2)c1. The summed E-state index contributed by atoms with van der Waals surface area (Å²) in [5.74, 6) is -0.299. The number of rotatable bonds is 4. The molecule has 2 fully saturated rings. The van der Waals surface area contributed by atoms with Gasteiger partial charge in [-0.3, -0.25) is 14.4 Å². The van der Waals surface area contributed by atoms with Crippen molar-refractivity contribution < 1.29 is 19.1 Å². The van der Waals surface area contributed by atoms with E-state index in [-0.39, 0.29) is 41.4 Å². The van der Waals surface area contributed by atoms with Gasteiger partial charge in [0, 0.05) is 5.56 Å². The number of hydrogen-bond acceptors (Lipinski definition) is 4. The highest BCUT2D eigenvalue weighted by atomic mass is 16.5. The van der Waals surface area contributed by atoms with Crippen LogP contribution in [-0.2, 0) is 9.59 Å². The number of para-hydroxylation sites is 2. The Hall–Kier alpha value is -3.41. The first-order valence-corrected chi connectivity index (χ1v) is 9.69. The highest BCUT2D eigenvalue weighted by molar-refractivity contribution is 6.23. The summed E-state index contributed by atoms with van der Waals surface area (Å²) in [6.45, 7) is 0. The fourth-order valence-electron chi connectivity index (χ4n) is 4.89. The summed E-state index contributed by atoms with van der Waals surface area (Å²) in [5, 5.41) is 2.82. The molecule has 6 nitrogen and oxygen atoms in total. The smallest absolute Gasteiger partial charge is 0.255 e. The molecule has 3 aliphatic rings. The Bertz CT molecular complexity index is 1030. The quantitative estimate of drug-likeness (QED) is 0.644. The molecule has 2 aromatic carbocycles. The minimum Gasteiger partial charge on any atom is -0.495 e. The van der Waals surface area contributed by atoms with Crippen molar-refractivity contribution in [3.8, 4) is 5.75 Å². The van der Waals surface area contributed by atoms with Crippen molar-refractivity contribution in [1.29, 1.82) is 0 Å². The van der Waals surface area contributed by atoms with Crippen molar-refractivity contribution in [2.24, 2.45) is 23.7 Å². The fraction of sp³-hybridized carbons (Fsp3) is 0.261. The van der Waals surface area contributed by atoms with Gasteiger partial charge in [-0.25, -0.2) is 4.90 Å². The molecular weight excluding hydrogens is 368 g/mol. The van der Waals surface area contributed by atoms with Crippen LogP contribution in [0.1, 0.15) is 16.8 Å². The van der Waals surface area contributed by atoms with Gasteiger partial charge in [0.25, 0.3) is 5.91 Å². The number of amides is 3. The zero-order valence-electron chi connectivity index (χ0n) is 15.9. The van der Waals surface area contributed by atoms with Crippen molar-refractivity contribution in [3.05, 3.63) is 66.2 Å². The van der Waals surface area contributed by atoms with Gasteiger partial charge < -0.3 is 10.1 Å². The summed E-state index contributed by atoms with van der Waals surface area (Å²) in [7, 11) is 1.54. The minimum absolute atomic E-state index is 0.154. The number of anilines is 2. The van der Waals surface area contributed by atoms with Crippen LogP contribution in [0.2, 0.25) is 0 Å². The second-order valence-electron chi connectivity index (χ2n) is 7.72. The summed E-state index contributed by atoms with van der Waals surface area (Å²) >= 11 is 0. The Morgan fingerprint density at radius 3 is 2.38 bits per heavy atom. The predicted octanol–water partition coefficient (Wildman–Crippen LogP) is 3.26. The monoisotopic (exact) mass is 388 g/mol. The van der Waals surface area contributed by atoms with Crippen LogP contribution in [0.25, 0.3) is 0 Å². The number of nitrogens with zero attached hydrogens (tertiary/aromatic N) is 1. The largest absolute Gasteiger partial charge is 0.495 e. The Balaban J connectivity index is 1.41. The van der Waals surface area contributed by atoms with Crippen LogP contribution in [0.15, 0.2) is 60.7 Å². The van der Waals surface area contributed by atoms with E-state index in [1.165, 1.54) is 12.0 Å². The normalized spacial score (nSPS) is 26.7. The highest BCUT2D eigenvalue weighted by Gasteiger charge is 2.59. The number of carbonyl (C=O) groups is 3. The average Bonchev–Trinajstić information content (AvgIpc) is 3.42. The maximum absolute atomic E-state index is 13.0. The molecule has 1 aliphatic heterocycles. The van der Waals surface area contributed by atoms with Crippen LogP contribution in [0.4, 0.5) is 11.4 Å². The van der Waals surface area contributed by atoms with Crippen LogP contribution in [0.3, 0.4) is 0 Å². The summed E-state index contributed by atoms with van der Waals surface area (Å²) in [4.78, 5) is 40.0. The summed E-state index contributed by atoms with van der Waals surface area (Å²) in [5.41, 5.74) is 1.37. The Morgan fingerprint density at radius 1 is 1.00 bits per heavy atom. The van der Waals surface area contributed by atoms with Gasteiger partial charge in [0.1, 0.15) is 5.75 Å². The number of benzene rings is 2. The number of methoxy groups -OCH3 is 1. The van der Waals surface area contributed by atoms with Gasteiger partial charge in [-0.05, 0) is 48.6 Å². The summed E-state index contributed by atoms with van der Waals surface area (Å²) in [6.07, 6.45) is 5.03. The van der Waals surface area contributed by atoms with E-state index in [0.29, 0.717) is 22.7 Å². The lowest BCUT2D eigenvalue weighted by molar-refractivity contribution is -0.123. The zero-order chi connectivity index (χ0) is 20.1. The van der Waals surface area contributed by atoms with Gasteiger partial charge in [0.2, 0.25) is 11.8 Å². The van der Waals surface area contributed by atoms with Crippen LogP contribution in [0.5, 0.6) is 5.75 Å². The van der Waals surface area contributed by atoms with E-state index in [4.69, 9.17) is 4.74 Å². The molecule has 5 rings (SSSR count). The molecule has 146 valence electrons. The van der Waals surface area contributed by atoms with Crippen LogP contribution in [-0.4, -0.2) is 24.8 Å². The number of nitrogens with one attached hydrogen (secondary N) is 1. The van der Waals surface area contributed by atoms with Crippen molar-refractivity contribution in [2.45, 2.75) is 6.42 Å². The molecule has 1 saturated heterocycles. The molecule has 1 saturated carbocycles. The van der Waals surface area contributed by atoms with E-state index >= 15 is 0 Å². The predicted molar refractivity (Wildman–Crippen MR) is 108 cm³/mol. The van der Waals surface area contributed by atoms with Crippen molar-refractivity contribution in [2.75, 3.05) is 17.3 Å². The van der Waals surface area contributed by atoms with E-state index in [1.54, 1.807) is 42.5 Å². The third-order valence-corrected chi connectivity index (χ3v) is 6.19. The maximum atomic E-state index is 13.0. The van der Waals surface area contributed by atoms with Crippen LogP contribution < -0.4 is 15.0 Å². The standard InChI is InChI=1S/C23H20N2O4/c1-29-18-8-3-2-7-17(18)24-21(26)15-5-4-6-16(12-15)25-22(27)19-13-9-10-14(11-13)20(19)23(25)28/h2-10,12-14,19-20H,11H2,1H3,(H,24,26)/t13-,14-,19-,20+/m0/s1. The van der Waals surface area contributed by atoms with Gasteiger partial charge in [-0.15, -0.1) is 0 Å². The Labute approximate surface area is 168 Å². The molecule has 0 radical (unpaired) electrons. The third-order valence-electron chi connectivity index (χ3n) is 6.19. The second kappa shape index (κ2) is 6.58. The summed E-state index contributed by atoms with van der Waals surface area (Å²) < 4.78 is 5.27.